The van der Waals surface area contributed by atoms with E-state index in [0.29, 0.717) is 6.54 Å². The second-order valence-electron chi connectivity index (χ2n) is 9.59. The molecule has 3 amide bonds. The highest BCUT2D eigenvalue weighted by Gasteiger charge is 2.27. The van der Waals surface area contributed by atoms with Gasteiger partial charge in [-0.3, -0.25) is 9.59 Å². The molecular weight excluding hydrogens is 466 g/mol. The van der Waals surface area contributed by atoms with Gasteiger partial charge in [0, 0.05) is 7.05 Å². The minimum Gasteiger partial charge on any atom is -0.463 e. The Hall–Kier alpha value is -2.52. The van der Waals surface area contributed by atoms with Gasteiger partial charge in [0.05, 0.1) is 31.0 Å². The summed E-state index contributed by atoms with van der Waals surface area (Å²) >= 11 is 0. The van der Waals surface area contributed by atoms with Crippen molar-refractivity contribution < 1.29 is 33.4 Å². The average Bonchev–Trinajstić information content (AvgIpc) is 2.88. The fraction of sp³-hybridized carbons (Fsp3) is 0.846. The molecule has 0 atom stereocenters. The third-order valence-corrected chi connectivity index (χ3v) is 5.90. The molecule has 0 saturated carbocycles. The van der Waals surface area contributed by atoms with E-state index in [-0.39, 0.29) is 37.7 Å². The number of carbonyl (C=O) groups is 4. The van der Waals surface area contributed by atoms with E-state index >= 15 is 0 Å². The summed E-state index contributed by atoms with van der Waals surface area (Å²) in [6, 6.07) is -0.277. The van der Waals surface area contributed by atoms with E-state index in [0.717, 1.165) is 18.8 Å². The number of methoxy groups -OCH3 is 1. The molecule has 0 aromatic rings. The number of nitrogens with one attached hydrogen (secondary N) is 3. The molecule has 0 fully saturated rings. The quantitative estimate of drug-likeness (QED) is 0.194. The van der Waals surface area contributed by atoms with Crippen LogP contribution in [-0.4, -0.2) is 64.5 Å². The summed E-state index contributed by atoms with van der Waals surface area (Å²) in [5, 5.41) is 7.35. The van der Waals surface area contributed by atoms with Gasteiger partial charge in [-0.15, -0.1) is 0 Å². The second-order valence-corrected chi connectivity index (χ2v) is 9.59. The van der Waals surface area contributed by atoms with Crippen LogP contribution in [0.2, 0.25) is 0 Å². The SMILES string of the molecule is CCC(C)(C)C(=O)OCCNC(=O)NC.CCC(C)(C)C(=O)OCCNC(=O)OC.CCC(C)CC. The number of rotatable bonds is 12. The number of carbonyl (C=O) groups excluding carboxylic acids is 4. The Balaban J connectivity index is -0.000000495. The second kappa shape index (κ2) is 21.7. The number of urea groups is 1. The highest BCUT2D eigenvalue weighted by molar-refractivity contribution is 5.76. The van der Waals surface area contributed by atoms with Crippen molar-refractivity contribution in [3.05, 3.63) is 0 Å². The van der Waals surface area contributed by atoms with Crippen molar-refractivity contribution in [2.24, 2.45) is 16.7 Å². The molecule has 0 aliphatic heterocycles. The maximum atomic E-state index is 11.5. The van der Waals surface area contributed by atoms with Crippen LogP contribution in [0.25, 0.3) is 0 Å². The molecule has 0 rings (SSSR count). The molecule has 0 saturated heterocycles. The minimum atomic E-state index is -0.527. The van der Waals surface area contributed by atoms with E-state index in [1.165, 1.54) is 27.0 Å². The first-order chi connectivity index (χ1) is 16.7. The van der Waals surface area contributed by atoms with E-state index in [4.69, 9.17) is 9.47 Å². The molecule has 10 nitrogen and oxygen atoms in total. The van der Waals surface area contributed by atoms with Crippen molar-refractivity contribution in [3.8, 4) is 0 Å². The monoisotopic (exact) mass is 519 g/mol. The fourth-order valence-electron chi connectivity index (χ4n) is 1.73. The van der Waals surface area contributed by atoms with Crippen molar-refractivity contribution >= 4 is 24.1 Å². The molecular formula is C26H53N3O7. The highest BCUT2D eigenvalue weighted by atomic mass is 16.5. The van der Waals surface area contributed by atoms with Crippen molar-refractivity contribution in [1.82, 2.24) is 16.0 Å². The van der Waals surface area contributed by atoms with E-state index in [1.807, 2.05) is 41.5 Å². The first-order valence-corrected chi connectivity index (χ1v) is 12.8. The zero-order chi connectivity index (χ0) is 28.8. The van der Waals surface area contributed by atoms with Gasteiger partial charge in [-0.1, -0.05) is 47.5 Å². The lowest BCUT2D eigenvalue weighted by Gasteiger charge is -2.20. The average molecular weight is 520 g/mol. The van der Waals surface area contributed by atoms with Gasteiger partial charge >= 0.3 is 24.1 Å². The van der Waals surface area contributed by atoms with Crippen LogP contribution in [0.1, 0.15) is 88.0 Å². The molecule has 10 heteroatoms. The highest BCUT2D eigenvalue weighted by Crippen LogP contribution is 2.21. The van der Waals surface area contributed by atoms with Gasteiger partial charge in [0.1, 0.15) is 13.2 Å². The van der Waals surface area contributed by atoms with Crippen molar-refractivity contribution in [1.29, 1.82) is 0 Å². The molecule has 0 heterocycles. The Kier molecular flexibility index (Phi) is 23.0. The van der Waals surface area contributed by atoms with Gasteiger partial charge in [0.2, 0.25) is 0 Å². The molecule has 3 N–H and O–H groups in total. The Morgan fingerprint density at radius 1 is 0.750 bits per heavy atom. The Morgan fingerprint density at radius 3 is 1.42 bits per heavy atom. The molecule has 0 aliphatic carbocycles. The van der Waals surface area contributed by atoms with E-state index in [2.05, 4.69) is 41.5 Å². The third-order valence-electron chi connectivity index (χ3n) is 5.90. The zero-order valence-corrected chi connectivity index (χ0v) is 24.6. The van der Waals surface area contributed by atoms with Gasteiger partial charge in [-0.25, -0.2) is 9.59 Å². The number of amides is 3. The number of esters is 2. The number of alkyl carbamates (subject to hydrolysis) is 1. The first kappa shape index (κ1) is 38.0. The predicted octanol–water partition coefficient (Wildman–Crippen LogP) is 4.66. The Bertz CT molecular complexity index is 571. The smallest absolute Gasteiger partial charge is 0.406 e. The van der Waals surface area contributed by atoms with Crippen LogP contribution in [0, 0.1) is 16.7 Å². The van der Waals surface area contributed by atoms with Gasteiger partial charge in [-0.2, -0.15) is 0 Å². The summed E-state index contributed by atoms with van der Waals surface area (Å²) in [5.74, 6) is 0.449. The lowest BCUT2D eigenvalue weighted by molar-refractivity contribution is -0.154. The van der Waals surface area contributed by atoms with Crippen LogP contribution >= 0.6 is 0 Å². The van der Waals surface area contributed by atoms with Crippen LogP contribution in [0.4, 0.5) is 9.59 Å². The standard InChI is InChI=1S/C10H20N2O3.C10H19NO4.C6H14/c1-5-10(2,3)8(13)15-7-6-12-9(14)11-4;1-5-10(2,3)8(12)15-7-6-11-9(13)14-4;1-4-6(3)5-2/h5-7H2,1-4H3,(H2,11,12,14);5-7H2,1-4H3,(H,11,13);6H,4-5H2,1-3H3. The summed E-state index contributed by atoms with van der Waals surface area (Å²) in [6.45, 7) is 18.9. The van der Waals surface area contributed by atoms with Crippen LogP contribution in [0.15, 0.2) is 0 Å². The summed E-state index contributed by atoms with van der Waals surface area (Å²) < 4.78 is 14.3. The Morgan fingerprint density at radius 2 is 1.14 bits per heavy atom. The summed E-state index contributed by atoms with van der Waals surface area (Å²) in [6.07, 6.45) is 3.58. The molecule has 0 unspecified atom stereocenters. The fourth-order valence-corrected chi connectivity index (χ4v) is 1.73. The number of ether oxygens (including phenoxy) is 3. The maximum Gasteiger partial charge on any atom is 0.406 e. The Labute approximate surface area is 219 Å². The lowest BCUT2D eigenvalue weighted by Crippen LogP contribution is -2.36. The van der Waals surface area contributed by atoms with Crippen LogP contribution < -0.4 is 16.0 Å². The largest absolute Gasteiger partial charge is 0.463 e. The first-order valence-electron chi connectivity index (χ1n) is 12.8. The van der Waals surface area contributed by atoms with Crippen LogP contribution in [-0.2, 0) is 23.8 Å². The summed E-state index contributed by atoms with van der Waals surface area (Å²) in [7, 11) is 2.81. The van der Waals surface area contributed by atoms with Crippen LogP contribution in [0.3, 0.4) is 0 Å². The third kappa shape index (κ3) is 20.8. The summed E-state index contributed by atoms with van der Waals surface area (Å²) in [4.78, 5) is 44.3. The predicted molar refractivity (Wildman–Crippen MR) is 143 cm³/mol. The number of hydrogen-bond acceptors (Lipinski definition) is 7. The molecule has 0 aromatic heterocycles. The molecule has 0 bridgehead atoms. The van der Waals surface area contributed by atoms with Gasteiger partial charge in [-0.05, 0) is 46.5 Å². The molecule has 214 valence electrons. The molecule has 36 heavy (non-hydrogen) atoms. The van der Waals surface area contributed by atoms with Gasteiger partial charge in [0.25, 0.3) is 0 Å². The van der Waals surface area contributed by atoms with Crippen molar-refractivity contribution in [2.45, 2.75) is 88.0 Å². The molecule has 0 aromatic carbocycles. The van der Waals surface area contributed by atoms with E-state index < -0.39 is 16.9 Å². The van der Waals surface area contributed by atoms with E-state index in [1.54, 1.807) is 0 Å². The molecule has 0 spiro atoms. The minimum absolute atomic E-state index is 0.164. The topological polar surface area (TPSA) is 132 Å². The van der Waals surface area contributed by atoms with Crippen molar-refractivity contribution in [2.75, 3.05) is 40.5 Å². The van der Waals surface area contributed by atoms with E-state index in [9.17, 15) is 19.2 Å². The van der Waals surface area contributed by atoms with Crippen molar-refractivity contribution in [3.63, 3.8) is 0 Å². The molecule has 0 aliphatic rings. The normalized spacial score (nSPS) is 10.6. The van der Waals surface area contributed by atoms with Crippen LogP contribution in [0.5, 0.6) is 0 Å². The van der Waals surface area contributed by atoms with Gasteiger partial charge < -0.3 is 30.2 Å². The number of hydrogen-bond donors (Lipinski definition) is 3. The summed E-state index contributed by atoms with van der Waals surface area (Å²) in [5.41, 5.74) is -0.918. The lowest BCUT2D eigenvalue weighted by atomic mass is 9.91. The zero-order valence-electron chi connectivity index (χ0n) is 24.6. The van der Waals surface area contributed by atoms with Gasteiger partial charge in [0.15, 0.2) is 0 Å². The molecule has 0 radical (unpaired) electrons. The maximum absolute atomic E-state index is 11.5.